The summed E-state index contributed by atoms with van der Waals surface area (Å²) in [5.41, 5.74) is -0.302. The second kappa shape index (κ2) is 9.92. The summed E-state index contributed by atoms with van der Waals surface area (Å²) >= 11 is 0. The Morgan fingerprint density at radius 2 is 1.82 bits per heavy atom. The first-order chi connectivity index (χ1) is 15.5. The van der Waals surface area contributed by atoms with Gasteiger partial charge in [-0.25, -0.2) is 18.7 Å². The summed E-state index contributed by atoms with van der Waals surface area (Å²) in [6.07, 6.45) is -9.37. The van der Waals surface area contributed by atoms with E-state index in [-0.39, 0.29) is 25.1 Å². The van der Waals surface area contributed by atoms with E-state index in [1.165, 1.54) is 6.07 Å². The monoisotopic (exact) mass is 513 g/mol. The SMILES string of the molecule is S.[2H][C@]1(O)C(F)=C(c2nc(NOC(C)(C)C)nc(Nc3ccnc(C(F)(F)F)c3)n2)CCC1(F)F. The number of rotatable bonds is 5. The van der Waals surface area contributed by atoms with Gasteiger partial charge in [-0.3, -0.25) is 9.82 Å². The number of aromatic nitrogens is 4. The van der Waals surface area contributed by atoms with E-state index < -0.39 is 65.5 Å². The molecule has 0 aromatic carbocycles. The summed E-state index contributed by atoms with van der Waals surface area (Å²) in [7, 11) is 0. The first-order valence-electron chi connectivity index (χ1n) is 10.00. The maximum atomic E-state index is 14.7. The number of pyridine rings is 1. The van der Waals surface area contributed by atoms with Crippen LogP contribution in [0.4, 0.5) is 43.9 Å². The first kappa shape index (κ1) is 26.0. The predicted octanol–water partition coefficient (Wildman–Crippen LogP) is 4.75. The smallest absolute Gasteiger partial charge is 0.380 e. The number of allylic oxidation sites excluding steroid dienone is 1. The molecule has 34 heavy (non-hydrogen) atoms. The maximum Gasteiger partial charge on any atom is 0.433 e. The summed E-state index contributed by atoms with van der Waals surface area (Å²) in [4.78, 5) is 20.3. The fourth-order valence-electron chi connectivity index (χ4n) is 2.63. The number of hydrogen-bond donors (Lipinski definition) is 3. The molecule has 0 saturated carbocycles. The minimum absolute atomic E-state index is 0. The second-order valence-corrected chi connectivity index (χ2v) is 8.02. The largest absolute Gasteiger partial charge is 0.433 e. The number of hydrogen-bond acceptors (Lipinski definition) is 8. The summed E-state index contributed by atoms with van der Waals surface area (Å²) < 4.78 is 88.7. The van der Waals surface area contributed by atoms with Gasteiger partial charge in [-0.2, -0.15) is 41.6 Å². The molecule has 0 fully saturated rings. The third-order valence-electron chi connectivity index (χ3n) is 4.17. The molecule has 0 spiro atoms. The highest BCUT2D eigenvalue weighted by molar-refractivity contribution is 7.59. The van der Waals surface area contributed by atoms with E-state index in [2.05, 4.69) is 30.7 Å². The van der Waals surface area contributed by atoms with Gasteiger partial charge in [-0.15, -0.1) is 0 Å². The number of nitrogens with zero attached hydrogens (tertiary/aromatic N) is 4. The van der Waals surface area contributed by atoms with Gasteiger partial charge in [-0.05, 0) is 39.3 Å². The highest BCUT2D eigenvalue weighted by atomic mass is 32.1. The van der Waals surface area contributed by atoms with Gasteiger partial charge < -0.3 is 10.4 Å². The lowest BCUT2D eigenvalue weighted by Gasteiger charge is -2.27. The van der Waals surface area contributed by atoms with Gasteiger partial charge in [0.05, 0.1) is 6.97 Å². The molecule has 15 heteroatoms. The predicted molar refractivity (Wildman–Crippen MR) is 115 cm³/mol. The first-order valence-corrected chi connectivity index (χ1v) is 9.50. The lowest BCUT2D eigenvalue weighted by Crippen LogP contribution is -2.37. The van der Waals surface area contributed by atoms with Gasteiger partial charge in [0, 0.05) is 23.9 Å². The van der Waals surface area contributed by atoms with E-state index in [4.69, 9.17) is 6.21 Å². The molecule has 8 nitrogen and oxygen atoms in total. The molecule has 0 radical (unpaired) electrons. The van der Waals surface area contributed by atoms with Crippen LogP contribution >= 0.6 is 13.5 Å². The molecule has 1 atom stereocenters. The Bertz CT molecular complexity index is 1110. The summed E-state index contributed by atoms with van der Waals surface area (Å²) in [6, 6.07) is 1.85. The van der Waals surface area contributed by atoms with E-state index in [9.17, 15) is 31.4 Å². The Kier molecular flexibility index (Phi) is 7.57. The molecule has 0 unspecified atom stereocenters. The van der Waals surface area contributed by atoms with E-state index in [0.29, 0.717) is 6.07 Å². The molecule has 0 amide bonds. The molecule has 2 heterocycles. The van der Waals surface area contributed by atoms with Crippen molar-refractivity contribution in [1.82, 2.24) is 19.9 Å². The van der Waals surface area contributed by atoms with Crippen LogP contribution in [0.1, 0.15) is 46.5 Å². The summed E-state index contributed by atoms with van der Waals surface area (Å²) in [5, 5.41) is 12.2. The third kappa shape index (κ3) is 6.70. The van der Waals surface area contributed by atoms with Crippen molar-refractivity contribution in [1.29, 1.82) is 0 Å². The Labute approximate surface area is 198 Å². The van der Waals surface area contributed by atoms with Crippen LogP contribution in [0.25, 0.3) is 5.57 Å². The van der Waals surface area contributed by atoms with Gasteiger partial charge in [0.15, 0.2) is 11.9 Å². The van der Waals surface area contributed by atoms with Crippen LogP contribution in [0.15, 0.2) is 24.2 Å². The minimum atomic E-state index is -4.73. The van der Waals surface area contributed by atoms with Crippen molar-refractivity contribution < 1.29 is 37.7 Å². The highest BCUT2D eigenvalue weighted by Crippen LogP contribution is 2.41. The van der Waals surface area contributed by atoms with Gasteiger partial charge in [0.25, 0.3) is 11.9 Å². The molecule has 0 aliphatic heterocycles. The average molecular weight is 513 g/mol. The van der Waals surface area contributed by atoms with Gasteiger partial charge in [-0.1, -0.05) is 0 Å². The van der Waals surface area contributed by atoms with Crippen LogP contribution in [0, 0.1) is 0 Å². The lowest BCUT2D eigenvalue weighted by atomic mass is 9.92. The molecular formula is C19H22F6N6O2S. The Hall–Kier alpha value is -2.65. The fourth-order valence-corrected chi connectivity index (χ4v) is 2.63. The van der Waals surface area contributed by atoms with Crippen LogP contribution in [-0.4, -0.2) is 42.6 Å². The topological polar surface area (TPSA) is 105 Å². The molecule has 188 valence electrons. The van der Waals surface area contributed by atoms with Crippen molar-refractivity contribution in [3.05, 3.63) is 35.7 Å². The molecular weight excluding hydrogens is 490 g/mol. The number of anilines is 3. The van der Waals surface area contributed by atoms with Crippen LogP contribution < -0.4 is 10.8 Å². The maximum absolute atomic E-state index is 14.7. The van der Waals surface area contributed by atoms with E-state index in [1.807, 2.05) is 0 Å². The van der Waals surface area contributed by atoms with Crippen molar-refractivity contribution in [2.75, 3.05) is 10.8 Å². The van der Waals surface area contributed by atoms with Crippen LogP contribution in [-0.2, 0) is 11.0 Å². The lowest BCUT2D eigenvalue weighted by molar-refractivity contribution is -0.141. The number of nitrogens with one attached hydrogen (secondary N) is 2. The normalized spacial score (nSPS) is 20.9. The molecule has 3 rings (SSSR count). The molecule has 1 aliphatic carbocycles. The van der Waals surface area contributed by atoms with Crippen LogP contribution in [0.3, 0.4) is 0 Å². The second-order valence-electron chi connectivity index (χ2n) is 8.02. The quantitative estimate of drug-likeness (QED) is 0.389. The third-order valence-corrected chi connectivity index (χ3v) is 4.17. The molecule has 3 N–H and O–H groups in total. The van der Waals surface area contributed by atoms with Crippen molar-refractivity contribution >= 4 is 36.7 Å². The molecule has 0 bridgehead atoms. The molecule has 2 aromatic heterocycles. The Balaban J connectivity index is 0.00000432. The van der Waals surface area contributed by atoms with Crippen LogP contribution in [0.2, 0.25) is 0 Å². The van der Waals surface area contributed by atoms with E-state index >= 15 is 0 Å². The van der Waals surface area contributed by atoms with Crippen molar-refractivity contribution in [3.63, 3.8) is 0 Å². The van der Waals surface area contributed by atoms with Gasteiger partial charge in [0.1, 0.15) is 11.5 Å². The fraction of sp³-hybridized carbons (Fsp3) is 0.474. The van der Waals surface area contributed by atoms with E-state index in [0.717, 1.165) is 6.20 Å². The van der Waals surface area contributed by atoms with Crippen molar-refractivity contribution in [2.24, 2.45) is 0 Å². The Morgan fingerprint density at radius 3 is 2.44 bits per heavy atom. The van der Waals surface area contributed by atoms with Crippen LogP contribution in [0.5, 0.6) is 0 Å². The Morgan fingerprint density at radius 1 is 1.18 bits per heavy atom. The zero-order valence-corrected chi connectivity index (χ0v) is 19.1. The zero-order valence-electron chi connectivity index (χ0n) is 19.1. The minimum Gasteiger partial charge on any atom is -0.380 e. The van der Waals surface area contributed by atoms with Crippen molar-refractivity contribution in [2.45, 2.75) is 57.4 Å². The van der Waals surface area contributed by atoms with Gasteiger partial charge >= 0.3 is 6.18 Å². The standard InChI is InChI=1S/C19H20F6N6O2.H2S/c1-17(2,3)33-31-16-29-14(10-4-6-18(21,22)13(32)12(10)20)28-15(30-16)27-9-5-7-26-11(8-9)19(23,24)25;/h5,7-8,13,32H,4,6H2,1-3H3,(H2,26,27,28,29,30,31);1H2/t13-;/m0./s1/i13D;. The summed E-state index contributed by atoms with van der Waals surface area (Å²) in [6.45, 7) is 5.01. The molecule has 2 aromatic rings. The number of halogens is 6. The zero-order chi connectivity index (χ0) is 25.5. The van der Waals surface area contributed by atoms with E-state index in [1.54, 1.807) is 20.8 Å². The summed E-state index contributed by atoms with van der Waals surface area (Å²) in [5.74, 6) is -7.17. The average Bonchev–Trinajstić information content (AvgIpc) is 2.70. The highest BCUT2D eigenvalue weighted by Gasteiger charge is 2.46. The van der Waals surface area contributed by atoms with Crippen molar-refractivity contribution in [3.8, 4) is 0 Å². The van der Waals surface area contributed by atoms with Gasteiger partial charge in [0.2, 0.25) is 5.95 Å². The number of alkyl halides is 5. The molecule has 1 aliphatic rings. The number of aliphatic hydroxyl groups is 1. The molecule has 0 saturated heterocycles.